The second-order valence-electron chi connectivity index (χ2n) is 16.0. The van der Waals surface area contributed by atoms with E-state index >= 15 is 0 Å². The summed E-state index contributed by atoms with van der Waals surface area (Å²) in [6.45, 7) is 26.7. The van der Waals surface area contributed by atoms with Crippen molar-refractivity contribution in [1.82, 2.24) is 0 Å². The molecule has 4 saturated carbocycles. The summed E-state index contributed by atoms with van der Waals surface area (Å²) >= 11 is 0. The highest BCUT2D eigenvalue weighted by atomic mass is 28.4. The maximum Gasteiger partial charge on any atom is 0.184 e. The van der Waals surface area contributed by atoms with Gasteiger partial charge in [0.25, 0.3) is 0 Å². The summed E-state index contributed by atoms with van der Waals surface area (Å²) in [5, 5.41) is 0. The van der Waals surface area contributed by atoms with Crippen molar-refractivity contribution < 1.29 is 13.3 Å². The molecule has 9 atom stereocenters. The minimum absolute atomic E-state index is 0.285. The molecule has 0 saturated heterocycles. The average molecular weight is 525 g/mol. The van der Waals surface area contributed by atoms with Crippen LogP contribution in [0.25, 0.3) is 0 Å². The Kier molecular flexibility index (Phi) is 7.36. The van der Waals surface area contributed by atoms with Crippen LogP contribution in [0, 0.1) is 34.5 Å². The van der Waals surface area contributed by atoms with Gasteiger partial charge in [-0.15, -0.1) is 0 Å². The molecule has 0 spiro atoms. The lowest BCUT2D eigenvalue weighted by Crippen LogP contribution is -2.62. The van der Waals surface area contributed by atoms with Gasteiger partial charge in [0.1, 0.15) is 0 Å². The highest BCUT2D eigenvalue weighted by Gasteiger charge is 2.64. The number of rotatable bonds is 6. The SMILES string of the molecule is C[C@]12C[C@H](O[Si](C)(C)C)C3C(CC[C@H]4C[C@@H](O[Si](C)(C)C)CC[C@]34C)C1CC[C@@H]2O[Si](C)(C)C. The zero-order valence-electron chi connectivity index (χ0n) is 24.4. The molecule has 0 amide bonds. The predicted molar refractivity (Wildman–Crippen MR) is 152 cm³/mol. The van der Waals surface area contributed by atoms with E-state index in [-0.39, 0.29) is 5.41 Å². The monoisotopic (exact) mass is 524 g/mol. The molecular weight excluding hydrogens is 469 g/mol. The molecule has 4 rings (SSSR count). The fraction of sp³-hybridized carbons (Fsp3) is 1.00. The first-order valence-electron chi connectivity index (χ1n) is 14.4. The Morgan fingerprint density at radius 2 is 1.26 bits per heavy atom. The zero-order chi connectivity index (χ0) is 25.3. The van der Waals surface area contributed by atoms with Gasteiger partial charge >= 0.3 is 0 Å². The van der Waals surface area contributed by atoms with E-state index in [1.54, 1.807) is 0 Å². The van der Waals surface area contributed by atoms with Crippen molar-refractivity contribution in [2.75, 3.05) is 0 Å². The van der Waals surface area contributed by atoms with Crippen LogP contribution in [-0.4, -0.2) is 43.3 Å². The van der Waals surface area contributed by atoms with Crippen LogP contribution in [-0.2, 0) is 13.3 Å². The molecule has 4 aliphatic rings. The third-order valence-corrected chi connectivity index (χ3v) is 13.0. The van der Waals surface area contributed by atoms with E-state index in [4.69, 9.17) is 13.3 Å². The summed E-state index contributed by atoms with van der Waals surface area (Å²) < 4.78 is 20.8. The van der Waals surface area contributed by atoms with Crippen molar-refractivity contribution in [3.63, 3.8) is 0 Å². The lowest BCUT2D eigenvalue weighted by Gasteiger charge is -2.64. The van der Waals surface area contributed by atoms with E-state index < -0.39 is 25.0 Å². The largest absolute Gasteiger partial charge is 0.415 e. The van der Waals surface area contributed by atoms with Gasteiger partial charge in [-0.25, -0.2) is 0 Å². The molecule has 0 radical (unpaired) electrons. The van der Waals surface area contributed by atoms with Gasteiger partial charge < -0.3 is 13.3 Å². The van der Waals surface area contributed by atoms with Gasteiger partial charge in [-0.2, -0.15) is 0 Å². The second kappa shape index (κ2) is 9.07. The third-order valence-electron chi connectivity index (χ3n) is 9.96. The van der Waals surface area contributed by atoms with Crippen molar-refractivity contribution in [1.29, 1.82) is 0 Å². The molecule has 4 aliphatic carbocycles. The van der Waals surface area contributed by atoms with Crippen LogP contribution >= 0.6 is 0 Å². The maximum absolute atomic E-state index is 7.19. The molecule has 0 heterocycles. The van der Waals surface area contributed by atoms with Gasteiger partial charge in [0.15, 0.2) is 25.0 Å². The van der Waals surface area contributed by atoms with Gasteiger partial charge in [0, 0.05) is 12.2 Å². The molecule has 34 heavy (non-hydrogen) atoms. The van der Waals surface area contributed by atoms with Crippen molar-refractivity contribution in [3.05, 3.63) is 0 Å². The van der Waals surface area contributed by atoms with E-state index in [9.17, 15) is 0 Å². The molecule has 0 N–H and O–H groups in total. The van der Waals surface area contributed by atoms with Gasteiger partial charge in [0.05, 0.1) is 6.10 Å². The summed E-state index contributed by atoms with van der Waals surface area (Å²) in [5.41, 5.74) is 0.693. The Morgan fingerprint density at radius 3 is 1.85 bits per heavy atom. The molecule has 4 fully saturated rings. The summed E-state index contributed by atoms with van der Waals surface area (Å²) in [4.78, 5) is 0. The second-order valence-corrected chi connectivity index (χ2v) is 29.4. The summed E-state index contributed by atoms with van der Waals surface area (Å²) in [6.07, 6.45) is 11.9. The van der Waals surface area contributed by atoms with Crippen LogP contribution in [0.3, 0.4) is 0 Å². The quantitative estimate of drug-likeness (QED) is 0.327. The first kappa shape index (κ1) is 27.6. The summed E-state index contributed by atoms with van der Waals surface area (Å²) in [5.74, 6) is 3.14. The van der Waals surface area contributed by atoms with E-state index in [0.29, 0.717) is 23.7 Å². The summed E-state index contributed by atoms with van der Waals surface area (Å²) in [7, 11) is -4.71. The molecule has 0 aromatic heterocycles. The molecule has 6 heteroatoms. The predicted octanol–water partition coefficient (Wildman–Crippen LogP) is 8.30. The van der Waals surface area contributed by atoms with Crippen molar-refractivity contribution in [2.45, 2.75) is 142 Å². The van der Waals surface area contributed by atoms with Crippen LogP contribution in [0.2, 0.25) is 58.9 Å². The lowest BCUT2D eigenvalue weighted by atomic mass is 9.44. The smallest absolute Gasteiger partial charge is 0.184 e. The number of fused-ring (bicyclic) bond motifs is 5. The highest BCUT2D eigenvalue weighted by Crippen LogP contribution is 2.67. The Morgan fingerprint density at radius 1 is 0.647 bits per heavy atom. The normalized spacial score (nSPS) is 45.4. The first-order valence-corrected chi connectivity index (χ1v) is 24.7. The maximum atomic E-state index is 7.19. The molecule has 198 valence electrons. The topological polar surface area (TPSA) is 27.7 Å². The van der Waals surface area contributed by atoms with Gasteiger partial charge in [-0.05, 0) is 145 Å². The van der Waals surface area contributed by atoms with E-state index in [1.807, 2.05) is 0 Å². The zero-order valence-corrected chi connectivity index (χ0v) is 27.4. The van der Waals surface area contributed by atoms with Crippen LogP contribution in [0.15, 0.2) is 0 Å². The molecule has 3 nitrogen and oxygen atoms in total. The highest BCUT2D eigenvalue weighted by molar-refractivity contribution is 6.70. The van der Waals surface area contributed by atoms with Crippen LogP contribution in [0.1, 0.15) is 65.2 Å². The minimum Gasteiger partial charge on any atom is -0.415 e. The Labute approximate surface area is 214 Å². The van der Waals surface area contributed by atoms with Crippen LogP contribution < -0.4 is 0 Å². The molecule has 0 aromatic rings. The summed E-state index contributed by atoms with van der Waals surface area (Å²) in [6, 6.07) is 0. The van der Waals surface area contributed by atoms with Gasteiger partial charge in [-0.3, -0.25) is 0 Å². The molecule has 0 aliphatic heterocycles. The van der Waals surface area contributed by atoms with Crippen molar-refractivity contribution >= 4 is 25.0 Å². The van der Waals surface area contributed by atoms with Crippen molar-refractivity contribution in [3.8, 4) is 0 Å². The van der Waals surface area contributed by atoms with Crippen LogP contribution in [0.5, 0.6) is 0 Å². The van der Waals surface area contributed by atoms with E-state index in [1.165, 1.54) is 51.4 Å². The molecule has 3 unspecified atom stereocenters. The molecular formula is C28H56O3Si3. The number of hydrogen-bond donors (Lipinski definition) is 0. The lowest BCUT2D eigenvalue weighted by molar-refractivity contribution is -0.176. The Bertz CT molecular complexity index is 739. The Hall–Kier alpha value is 0.531. The molecule has 0 aromatic carbocycles. The van der Waals surface area contributed by atoms with Crippen molar-refractivity contribution in [2.24, 2.45) is 34.5 Å². The van der Waals surface area contributed by atoms with Gasteiger partial charge in [-0.1, -0.05) is 13.8 Å². The van der Waals surface area contributed by atoms with E-state index in [2.05, 4.69) is 72.8 Å². The Balaban J connectivity index is 1.64. The third kappa shape index (κ3) is 5.52. The van der Waals surface area contributed by atoms with E-state index in [0.717, 1.165) is 23.7 Å². The fourth-order valence-corrected chi connectivity index (χ4v) is 12.6. The molecule has 0 bridgehead atoms. The average Bonchev–Trinajstić information content (AvgIpc) is 2.93. The first-order chi connectivity index (χ1) is 15.4. The number of hydrogen-bond acceptors (Lipinski definition) is 3. The van der Waals surface area contributed by atoms with Gasteiger partial charge in [0.2, 0.25) is 0 Å². The standard InChI is InChI=1S/C28H56O3Si3/c1-27-17-16-21(29-32(3,4)5)18-20(27)12-13-22-23-14-15-25(31-34(9,10)11)28(23,2)19-24(26(22)27)30-33(6,7)8/h20-26H,12-19H2,1-11H3/t20-,21-,22?,23?,24-,25-,26?,27-,28-/m0/s1. The fourth-order valence-electron chi connectivity index (χ4n) is 9.05. The van der Waals surface area contributed by atoms with Crippen LogP contribution in [0.4, 0.5) is 0 Å². The minimum atomic E-state index is -1.65.